The number of fused-ring (bicyclic) bond motifs is 1. The maximum atomic E-state index is 12.0. The molecule has 1 amide bonds. The van der Waals surface area contributed by atoms with Gasteiger partial charge in [-0.2, -0.15) is 0 Å². The van der Waals surface area contributed by atoms with E-state index >= 15 is 0 Å². The number of hydrogen-bond donors (Lipinski definition) is 1. The summed E-state index contributed by atoms with van der Waals surface area (Å²) in [5.41, 5.74) is 7.36. The molecule has 0 saturated carbocycles. The van der Waals surface area contributed by atoms with Gasteiger partial charge in [0.05, 0.1) is 12.7 Å². The number of amides is 1. The molecular formula is C20H21NO6. The fourth-order valence-corrected chi connectivity index (χ4v) is 2.90. The van der Waals surface area contributed by atoms with Crippen molar-refractivity contribution in [3.05, 3.63) is 53.1 Å². The first-order chi connectivity index (χ1) is 13.0. The van der Waals surface area contributed by atoms with Crippen LogP contribution in [0.5, 0.6) is 17.2 Å². The highest BCUT2D eigenvalue weighted by atomic mass is 16.7. The Bertz CT molecular complexity index is 864. The van der Waals surface area contributed by atoms with Gasteiger partial charge in [-0.3, -0.25) is 4.79 Å². The van der Waals surface area contributed by atoms with Crippen molar-refractivity contribution in [2.24, 2.45) is 5.73 Å². The molecule has 0 bridgehead atoms. The number of nitrogens with two attached hydrogens (primary N) is 1. The Hall–Kier alpha value is -3.22. The number of ether oxygens (including phenoxy) is 4. The van der Waals surface area contributed by atoms with Gasteiger partial charge in [0.25, 0.3) is 5.91 Å². The number of carbonyl (C=O) groups is 2. The smallest absolute Gasteiger partial charge is 0.337 e. The van der Waals surface area contributed by atoms with Crippen LogP contribution in [0.25, 0.3) is 0 Å². The molecule has 7 nitrogen and oxygen atoms in total. The summed E-state index contributed by atoms with van der Waals surface area (Å²) in [4.78, 5) is 23.8. The number of carbonyl (C=O) groups excluding carboxylic acids is 2. The largest absolute Gasteiger partial charge is 0.476 e. The lowest BCUT2D eigenvalue weighted by Crippen LogP contribution is -2.26. The minimum Gasteiger partial charge on any atom is -0.476 e. The van der Waals surface area contributed by atoms with E-state index in [1.54, 1.807) is 36.4 Å². The molecule has 1 atom stereocenters. The Morgan fingerprint density at radius 3 is 2.63 bits per heavy atom. The van der Waals surface area contributed by atoms with Crippen molar-refractivity contribution in [3.8, 4) is 17.2 Å². The van der Waals surface area contributed by atoms with Crippen molar-refractivity contribution in [3.63, 3.8) is 0 Å². The molecule has 1 heterocycles. The summed E-state index contributed by atoms with van der Waals surface area (Å²) in [7, 11) is 1.33. The van der Waals surface area contributed by atoms with Crippen LogP contribution in [0.3, 0.4) is 0 Å². The van der Waals surface area contributed by atoms with Crippen molar-refractivity contribution >= 4 is 11.9 Å². The fourth-order valence-electron chi connectivity index (χ4n) is 2.90. The minimum atomic E-state index is -1.00. The van der Waals surface area contributed by atoms with Crippen LogP contribution in [0.4, 0.5) is 0 Å². The molecule has 2 aromatic carbocycles. The third-order valence-electron chi connectivity index (χ3n) is 4.20. The Balaban J connectivity index is 1.92. The number of primary amides is 1. The Morgan fingerprint density at radius 2 is 1.93 bits per heavy atom. The second kappa shape index (κ2) is 7.99. The van der Waals surface area contributed by atoms with Gasteiger partial charge < -0.3 is 24.7 Å². The van der Waals surface area contributed by atoms with Gasteiger partial charge in [0.1, 0.15) is 5.75 Å². The standard InChI is InChI=1S/C20H21NO6/c1-3-4-12-9-14(20(23)24-2)6-7-15(12)27-18(19(21)22)13-5-8-16-17(10-13)26-11-25-16/h5-10,18H,3-4,11H2,1-2H3,(H2,21,22)/t18-/m1/s1. The van der Waals surface area contributed by atoms with E-state index in [0.29, 0.717) is 34.8 Å². The van der Waals surface area contributed by atoms with Crippen molar-refractivity contribution in [1.29, 1.82) is 0 Å². The first-order valence-corrected chi connectivity index (χ1v) is 8.60. The van der Waals surface area contributed by atoms with E-state index < -0.39 is 18.0 Å². The van der Waals surface area contributed by atoms with E-state index in [1.807, 2.05) is 6.92 Å². The second-order valence-corrected chi connectivity index (χ2v) is 6.08. The maximum absolute atomic E-state index is 12.0. The summed E-state index contributed by atoms with van der Waals surface area (Å²) in [5, 5.41) is 0. The van der Waals surface area contributed by atoms with E-state index in [1.165, 1.54) is 7.11 Å². The zero-order valence-corrected chi connectivity index (χ0v) is 15.2. The molecule has 27 heavy (non-hydrogen) atoms. The topological polar surface area (TPSA) is 97.1 Å². The van der Waals surface area contributed by atoms with E-state index in [-0.39, 0.29) is 6.79 Å². The summed E-state index contributed by atoms with van der Waals surface area (Å²) >= 11 is 0. The van der Waals surface area contributed by atoms with Gasteiger partial charge >= 0.3 is 5.97 Å². The molecule has 0 aromatic heterocycles. The summed E-state index contributed by atoms with van der Waals surface area (Å²) in [6, 6.07) is 10.1. The average Bonchev–Trinajstić information content (AvgIpc) is 3.14. The summed E-state index contributed by atoms with van der Waals surface area (Å²) in [6.45, 7) is 2.15. The lowest BCUT2D eigenvalue weighted by molar-refractivity contribution is -0.125. The normalized spacial score (nSPS) is 13.1. The summed E-state index contributed by atoms with van der Waals surface area (Å²) < 4.78 is 21.4. The Morgan fingerprint density at radius 1 is 1.15 bits per heavy atom. The third kappa shape index (κ3) is 3.97. The SMILES string of the molecule is CCCc1cc(C(=O)OC)ccc1O[C@@H](C(N)=O)c1ccc2c(c1)OCO2. The van der Waals surface area contributed by atoms with Gasteiger partial charge in [-0.1, -0.05) is 19.4 Å². The Kier molecular flexibility index (Phi) is 5.49. The molecule has 142 valence electrons. The molecule has 0 spiro atoms. The zero-order valence-electron chi connectivity index (χ0n) is 15.2. The number of hydrogen-bond acceptors (Lipinski definition) is 6. The van der Waals surface area contributed by atoms with Gasteiger partial charge in [0.15, 0.2) is 11.5 Å². The fraction of sp³-hybridized carbons (Fsp3) is 0.300. The van der Waals surface area contributed by atoms with Crippen LogP contribution < -0.4 is 19.9 Å². The first kappa shape index (κ1) is 18.6. The second-order valence-electron chi connectivity index (χ2n) is 6.08. The number of esters is 1. The van der Waals surface area contributed by atoms with Crippen LogP contribution in [0.1, 0.15) is 40.9 Å². The van der Waals surface area contributed by atoms with Gasteiger partial charge in [-0.15, -0.1) is 0 Å². The lowest BCUT2D eigenvalue weighted by Gasteiger charge is -2.19. The third-order valence-corrected chi connectivity index (χ3v) is 4.20. The molecule has 0 unspecified atom stereocenters. The first-order valence-electron chi connectivity index (χ1n) is 8.60. The van der Waals surface area contributed by atoms with Crippen LogP contribution in [-0.4, -0.2) is 25.8 Å². The maximum Gasteiger partial charge on any atom is 0.337 e. The number of benzene rings is 2. The van der Waals surface area contributed by atoms with Crippen LogP contribution in [0.2, 0.25) is 0 Å². The summed E-state index contributed by atoms with van der Waals surface area (Å²) in [5.74, 6) is 0.577. The molecule has 3 rings (SSSR count). The molecule has 0 fully saturated rings. The van der Waals surface area contributed by atoms with Crippen LogP contribution in [0.15, 0.2) is 36.4 Å². The van der Waals surface area contributed by atoms with Gasteiger partial charge in [0.2, 0.25) is 12.9 Å². The molecule has 1 aliphatic heterocycles. The molecule has 2 aromatic rings. The molecule has 0 aliphatic carbocycles. The van der Waals surface area contributed by atoms with Crippen molar-refractivity contribution in [2.45, 2.75) is 25.9 Å². The molecule has 0 radical (unpaired) electrons. The quantitative estimate of drug-likeness (QED) is 0.752. The van der Waals surface area contributed by atoms with Crippen LogP contribution >= 0.6 is 0 Å². The van der Waals surface area contributed by atoms with Gasteiger partial charge in [-0.25, -0.2) is 4.79 Å². The van der Waals surface area contributed by atoms with Crippen molar-refractivity contribution in [2.75, 3.05) is 13.9 Å². The Labute approximate surface area is 157 Å². The molecule has 0 saturated heterocycles. The predicted molar refractivity (Wildman–Crippen MR) is 96.9 cm³/mol. The van der Waals surface area contributed by atoms with Crippen LogP contribution in [-0.2, 0) is 16.0 Å². The highest BCUT2D eigenvalue weighted by Gasteiger charge is 2.24. The van der Waals surface area contributed by atoms with E-state index in [2.05, 4.69) is 0 Å². The van der Waals surface area contributed by atoms with Crippen LogP contribution in [0, 0.1) is 0 Å². The monoisotopic (exact) mass is 371 g/mol. The highest BCUT2D eigenvalue weighted by Crippen LogP contribution is 2.36. The van der Waals surface area contributed by atoms with Gasteiger partial charge in [0, 0.05) is 5.56 Å². The van der Waals surface area contributed by atoms with Crippen molar-refractivity contribution in [1.82, 2.24) is 0 Å². The average molecular weight is 371 g/mol. The van der Waals surface area contributed by atoms with E-state index in [0.717, 1.165) is 12.0 Å². The molecule has 2 N–H and O–H groups in total. The minimum absolute atomic E-state index is 0.135. The number of aryl methyl sites for hydroxylation is 1. The summed E-state index contributed by atoms with van der Waals surface area (Å²) in [6.07, 6.45) is 0.512. The van der Waals surface area contributed by atoms with E-state index in [9.17, 15) is 9.59 Å². The predicted octanol–water partition coefficient (Wildman–Crippen LogP) is 2.76. The highest BCUT2D eigenvalue weighted by molar-refractivity contribution is 5.89. The number of methoxy groups -OCH3 is 1. The number of rotatable bonds is 7. The van der Waals surface area contributed by atoms with Gasteiger partial charge in [-0.05, 0) is 42.3 Å². The van der Waals surface area contributed by atoms with Crippen molar-refractivity contribution < 1.29 is 28.5 Å². The molecular weight excluding hydrogens is 350 g/mol. The molecule has 7 heteroatoms. The zero-order chi connectivity index (χ0) is 19.4. The molecule has 1 aliphatic rings. The lowest BCUT2D eigenvalue weighted by atomic mass is 10.0. The van der Waals surface area contributed by atoms with E-state index in [4.69, 9.17) is 24.7 Å².